The molecule has 0 bridgehead atoms. The molecule has 0 unspecified atom stereocenters. The minimum absolute atomic E-state index is 0.245. The molecule has 0 aliphatic rings. The molecule has 1 aromatic carbocycles. The van der Waals surface area contributed by atoms with E-state index in [0.717, 1.165) is 11.1 Å². The van der Waals surface area contributed by atoms with E-state index in [9.17, 15) is 13.2 Å². The number of hydrogen-bond donors (Lipinski definition) is 1. The van der Waals surface area contributed by atoms with Crippen LogP contribution in [0.25, 0.3) is 11.1 Å². The van der Waals surface area contributed by atoms with Gasteiger partial charge >= 0.3 is 6.36 Å². The SMILES string of the molecule is NCCn1cc(-c2ccc(OC(F)(F)F)cc2)cn1. The van der Waals surface area contributed by atoms with Gasteiger partial charge in [-0.25, -0.2) is 0 Å². The Balaban J connectivity index is 2.13. The average Bonchev–Trinajstić information content (AvgIpc) is 2.77. The van der Waals surface area contributed by atoms with E-state index in [2.05, 4.69) is 9.84 Å². The highest BCUT2D eigenvalue weighted by molar-refractivity contribution is 5.62. The molecule has 0 aliphatic carbocycles. The molecule has 1 heterocycles. The first-order chi connectivity index (χ1) is 8.98. The molecule has 4 nitrogen and oxygen atoms in total. The summed E-state index contributed by atoms with van der Waals surface area (Å²) in [7, 11) is 0. The molecule has 0 atom stereocenters. The van der Waals surface area contributed by atoms with E-state index in [4.69, 9.17) is 5.73 Å². The van der Waals surface area contributed by atoms with Crippen LogP contribution in [0.3, 0.4) is 0 Å². The zero-order valence-electron chi connectivity index (χ0n) is 9.89. The Hall–Kier alpha value is -2.02. The van der Waals surface area contributed by atoms with Crippen molar-refractivity contribution in [3.63, 3.8) is 0 Å². The molecule has 2 aromatic rings. The lowest BCUT2D eigenvalue weighted by Crippen LogP contribution is -2.16. The van der Waals surface area contributed by atoms with E-state index >= 15 is 0 Å². The second-order valence-corrected chi connectivity index (χ2v) is 3.85. The Labute approximate surface area is 107 Å². The zero-order valence-corrected chi connectivity index (χ0v) is 9.89. The van der Waals surface area contributed by atoms with Crippen LogP contribution in [0.4, 0.5) is 13.2 Å². The van der Waals surface area contributed by atoms with Crippen molar-refractivity contribution in [3.8, 4) is 16.9 Å². The number of alkyl halides is 3. The van der Waals surface area contributed by atoms with E-state index in [1.807, 2.05) is 0 Å². The molecule has 1 aromatic heterocycles. The number of ether oxygens (including phenoxy) is 1. The topological polar surface area (TPSA) is 53.1 Å². The molecule has 7 heteroatoms. The third-order valence-electron chi connectivity index (χ3n) is 2.41. The summed E-state index contributed by atoms with van der Waals surface area (Å²) in [5.74, 6) is -0.245. The summed E-state index contributed by atoms with van der Waals surface area (Å²) in [6, 6.07) is 5.63. The molecule has 2 N–H and O–H groups in total. The van der Waals surface area contributed by atoms with Gasteiger partial charge in [0.25, 0.3) is 0 Å². The van der Waals surface area contributed by atoms with Crippen LogP contribution in [0.1, 0.15) is 0 Å². The van der Waals surface area contributed by atoms with Gasteiger partial charge in [0.15, 0.2) is 0 Å². The number of hydrogen-bond acceptors (Lipinski definition) is 3. The summed E-state index contributed by atoms with van der Waals surface area (Å²) < 4.78 is 41.5. The lowest BCUT2D eigenvalue weighted by molar-refractivity contribution is -0.274. The fraction of sp³-hybridized carbons (Fsp3) is 0.250. The second-order valence-electron chi connectivity index (χ2n) is 3.85. The van der Waals surface area contributed by atoms with Crippen LogP contribution in [0.2, 0.25) is 0 Å². The van der Waals surface area contributed by atoms with E-state index < -0.39 is 6.36 Å². The van der Waals surface area contributed by atoms with Crippen molar-refractivity contribution in [1.29, 1.82) is 0 Å². The molecule has 0 radical (unpaired) electrons. The fourth-order valence-electron chi connectivity index (χ4n) is 1.62. The smallest absolute Gasteiger partial charge is 0.406 e. The number of nitrogens with two attached hydrogens (primary N) is 1. The molecule has 2 rings (SSSR count). The van der Waals surface area contributed by atoms with Crippen LogP contribution in [0.15, 0.2) is 36.7 Å². The molecule has 0 fully saturated rings. The maximum Gasteiger partial charge on any atom is 0.573 e. The van der Waals surface area contributed by atoms with Crippen molar-refractivity contribution in [1.82, 2.24) is 9.78 Å². The minimum Gasteiger partial charge on any atom is -0.406 e. The van der Waals surface area contributed by atoms with E-state index in [-0.39, 0.29) is 5.75 Å². The van der Waals surface area contributed by atoms with Crippen molar-refractivity contribution >= 4 is 0 Å². The van der Waals surface area contributed by atoms with Crippen molar-refractivity contribution < 1.29 is 17.9 Å². The maximum absolute atomic E-state index is 12.0. The Bertz CT molecular complexity index is 534. The zero-order chi connectivity index (χ0) is 13.9. The molecule has 102 valence electrons. The molecule has 0 aliphatic heterocycles. The third kappa shape index (κ3) is 3.72. The number of halogens is 3. The van der Waals surface area contributed by atoms with Gasteiger partial charge in [0.1, 0.15) is 5.75 Å². The van der Waals surface area contributed by atoms with E-state index in [1.54, 1.807) is 29.2 Å². The third-order valence-corrected chi connectivity index (χ3v) is 2.41. The van der Waals surface area contributed by atoms with Crippen LogP contribution >= 0.6 is 0 Å². The summed E-state index contributed by atoms with van der Waals surface area (Å²) in [5.41, 5.74) is 6.98. The maximum atomic E-state index is 12.0. The number of benzene rings is 1. The Morgan fingerprint density at radius 1 is 1.16 bits per heavy atom. The summed E-state index contributed by atoms with van der Waals surface area (Å²) in [5, 5.41) is 4.09. The predicted molar refractivity (Wildman–Crippen MR) is 63.4 cm³/mol. The van der Waals surface area contributed by atoms with Crippen molar-refractivity contribution in [3.05, 3.63) is 36.7 Å². The minimum atomic E-state index is -4.67. The Morgan fingerprint density at radius 2 is 1.84 bits per heavy atom. The predicted octanol–water partition coefficient (Wildman–Crippen LogP) is 2.41. The number of rotatable bonds is 4. The van der Waals surface area contributed by atoms with Crippen LogP contribution in [-0.2, 0) is 6.54 Å². The van der Waals surface area contributed by atoms with Gasteiger partial charge in [-0.15, -0.1) is 13.2 Å². The van der Waals surface area contributed by atoms with E-state index in [1.165, 1.54) is 12.1 Å². The second kappa shape index (κ2) is 5.31. The molecule has 0 saturated heterocycles. The van der Waals surface area contributed by atoms with Gasteiger partial charge in [-0.3, -0.25) is 4.68 Å². The highest BCUT2D eigenvalue weighted by Gasteiger charge is 2.30. The normalized spacial score (nSPS) is 11.6. The standard InChI is InChI=1S/C12H12F3N3O/c13-12(14,15)19-11-3-1-9(2-4-11)10-7-17-18(8-10)6-5-16/h1-4,7-8H,5-6,16H2. The first kappa shape index (κ1) is 13.4. The van der Waals surface area contributed by atoms with Gasteiger partial charge in [-0.1, -0.05) is 12.1 Å². The molecular weight excluding hydrogens is 259 g/mol. The lowest BCUT2D eigenvalue weighted by atomic mass is 10.1. The van der Waals surface area contributed by atoms with E-state index in [0.29, 0.717) is 13.1 Å². The van der Waals surface area contributed by atoms with Crippen molar-refractivity contribution in [2.45, 2.75) is 12.9 Å². The van der Waals surface area contributed by atoms with Gasteiger partial charge in [0.2, 0.25) is 0 Å². The Morgan fingerprint density at radius 3 is 2.42 bits per heavy atom. The summed E-state index contributed by atoms with van der Waals surface area (Å²) >= 11 is 0. The molecule has 0 saturated carbocycles. The molecular formula is C12H12F3N3O. The summed E-state index contributed by atoms with van der Waals surface area (Å²) in [6.45, 7) is 1.06. The summed E-state index contributed by atoms with van der Waals surface area (Å²) in [6.07, 6.45) is -1.25. The highest BCUT2D eigenvalue weighted by Crippen LogP contribution is 2.26. The van der Waals surface area contributed by atoms with Crippen molar-refractivity contribution in [2.75, 3.05) is 6.54 Å². The largest absolute Gasteiger partial charge is 0.573 e. The van der Waals surface area contributed by atoms with Crippen LogP contribution in [0.5, 0.6) is 5.75 Å². The van der Waals surface area contributed by atoms with Gasteiger partial charge in [0, 0.05) is 18.3 Å². The average molecular weight is 271 g/mol. The number of aromatic nitrogens is 2. The molecule has 19 heavy (non-hydrogen) atoms. The fourth-order valence-corrected chi connectivity index (χ4v) is 1.62. The highest BCUT2D eigenvalue weighted by atomic mass is 19.4. The van der Waals surface area contributed by atoms with Gasteiger partial charge < -0.3 is 10.5 Å². The molecule has 0 amide bonds. The van der Waals surface area contributed by atoms with Gasteiger partial charge in [0.05, 0.1) is 12.7 Å². The first-order valence-electron chi connectivity index (χ1n) is 5.56. The quantitative estimate of drug-likeness (QED) is 0.929. The first-order valence-corrected chi connectivity index (χ1v) is 5.56. The van der Waals surface area contributed by atoms with Crippen LogP contribution < -0.4 is 10.5 Å². The monoisotopic (exact) mass is 271 g/mol. The van der Waals surface area contributed by atoms with Crippen molar-refractivity contribution in [2.24, 2.45) is 5.73 Å². The van der Waals surface area contributed by atoms with Gasteiger partial charge in [-0.2, -0.15) is 5.10 Å². The lowest BCUT2D eigenvalue weighted by Gasteiger charge is -2.08. The van der Waals surface area contributed by atoms with Crippen LogP contribution in [-0.4, -0.2) is 22.7 Å². The summed E-state index contributed by atoms with van der Waals surface area (Å²) in [4.78, 5) is 0. The Kier molecular flexibility index (Phi) is 3.75. The molecule has 0 spiro atoms. The van der Waals surface area contributed by atoms with Crippen LogP contribution in [0, 0.1) is 0 Å². The number of nitrogens with zero attached hydrogens (tertiary/aromatic N) is 2. The van der Waals surface area contributed by atoms with Gasteiger partial charge in [-0.05, 0) is 17.7 Å².